The van der Waals surface area contributed by atoms with Gasteiger partial charge in [0.25, 0.3) is 0 Å². The van der Waals surface area contributed by atoms with Crippen LogP contribution in [0.2, 0.25) is 0 Å². The minimum Gasteiger partial charge on any atom is -0.508 e. The maximum Gasteiger partial charge on any atom is 0.470 e. The van der Waals surface area contributed by atoms with Gasteiger partial charge in [0.2, 0.25) is 0 Å². The number of esters is 1. The van der Waals surface area contributed by atoms with E-state index in [0.29, 0.717) is 11.1 Å². The number of alkyl halides is 10. The number of aromatic hydroxyl groups is 1. The van der Waals surface area contributed by atoms with Gasteiger partial charge in [-0.15, -0.1) is 0 Å². The lowest BCUT2D eigenvalue weighted by molar-refractivity contribution is -0.446. The van der Waals surface area contributed by atoms with E-state index in [1.54, 1.807) is 0 Å². The van der Waals surface area contributed by atoms with Crippen molar-refractivity contribution >= 4 is 5.97 Å². The summed E-state index contributed by atoms with van der Waals surface area (Å²) in [6.07, 6.45) is -20.9. The van der Waals surface area contributed by atoms with Crippen molar-refractivity contribution in [3.8, 4) is 22.6 Å². The fourth-order valence-electron chi connectivity index (χ4n) is 2.37. The van der Waals surface area contributed by atoms with Gasteiger partial charge in [-0.3, -0.25) is 0 Å². The molecule has 2 rings (SSSR count). The van der Waals surface area contributed by atoms with Gasteiger partial charge in [0, 0.05) is 0 Å². The topological polar surface area (TPSA) is 49.8 Å². The Balaban J connectivity index is 2.40. The van der Waals surface area contributed by atoms with Crippen LogP contribution in [0.3, 0.4) is 0 Å². The molecule has 170 valence electrons. The lowest BCUT2D eigenvalue weighted by atomic mass is 10.1. The minimum atomic E-state index is -6.97. The first-order valence-electron chi connectivity index (χ1n) is 7.79. The molecule has 0 amide bonds. The number of carbonyl (C=O) groups is 1. The predicted octanol–water partition coefficient (Wildman–Crippen LogP) is 5.53. The number of phenols is 1. The summed E-state index contributed by atoms with van der Waals surface area (Å²) in [7, 11) is 0. The van der Waals surface area contributed by atoms with Crippen molar-refractivity contribution in [1.29, 1.82) is 0 Å². The molecule has 0 aliphatic heterocycles. The highest BCUT2D eigenvalue weighted by molar-refractivity contribution is 5.82. The maximum absolute atomic E-state index is 14.3. The standard InChI is InChI=1S/C17H9F10NO3/c18-14(15(19,20)21,28(16(22,23)24)17(25,26)27)13(30)31-12-7-3-10(4-8-12)9-1-5-11(29)6-2-9/h1-8,29H. The van der Waals surface area contributed by atoms with E-state index in [1.165, 1.54) is 24.3 Å². The normalized spacial score (nSPS) is 14.9. The molecule has 0 bridgehead atoms. The molecule has 4 nitrogen and oxygen atoms in total. The molecule has 1 N–H and O–H groups in total. The molecule has 31 heavy (non-hydrogen) atoms. The van der Waals surface area contributed by atoms with Crippen molar-refractivity contribution in [2.75, 3.05) is 0 Å². The van der Waals surface area contributed by atoms with Crippen LogP contribution >= 0.6 is 0 Å². The first kappa shape index (κ1) is 24.2. The molecular formula is C17H9F10NO3. The number of hydrogen-bond donors (Lipinski definition) is 1. The SMILES string of the molecule is O=C(Oc1ccc(-c2ccc(O)cc2)cc1)C(F)(N(C(F)(F)F)C(F)(F)F)C(F)(F)F. The van der Waals surface area contributed by atoms with E-state index in [4.69, 9.17) is 0 Å². The van der Waals surface area contributed by atoms with Gasteiger partial charge in [-0.05, 0) is 35.4 Å². The zero-order chi connectivity index (χ0) is 23.8. The van der Waals surface area contributed by atoms with Crippen LogP contribution < -0.4 is 4.74 Å². The number of halogens is 10. The van der Waals surface area contributed by atoms with Crippen LogP contribution in [0.4, 0.5) is 43.9 Å². The van der Waals surface area contributed by atoms with E-state index in [1.807, 2.05) is 0 Å². The quantitative estimate of drug-likeness (QED) is 0.279. The number of carbonyl (C=O) groups excluding carboxylic acids is 1. The van der Waals surface area contributed by atoms with Crippen LogP contribution in [-0.4, -0.2) is 40.5 Å². The first-order valence-corrected chi connectivity index (χ1v) is 7.79. The van der Waals surface area contributed by atoms with Gasteiger partial charge in [-0.25, -0.2) is 9.18 Å². The third kappa shape index (κ3) is 5.00. The highest BCUT2D eigenvalue weighted by Gasteiger charge is 2.79. The minimum absolute atomic E-state index is 0.0976. The first-order chi connectivity index (χ1) is 14.0. The average Bonchev–Trinajstić information content (AvgIpc) is 2.59. The van der Waals surface area contributed by atoms with Crippen LogP contribution in [-0.2, 0) is 4.79 Å². The van der Waals surface area contributed by atoms with Crippen LogP contribution in [0.1, 0.15) is 0 Å². The molecule has 0 aliphatic carbocycles. The van der Waals surface area contributed by atoms with E-state index < -0.39 is 41.2 Å². The van der Waals surface area contributed by atoms with Gasteiger partial charge < -0.3 is 9.84 Å². The van der Waals surface area contributed by atoms with E-state index in [-0.39, 0.29) is 5.75 Å². The molecule has 0 saturated carbocycles. The molecule has 14 heteroatoms. The van der Waals surface area contributed by atoms with Gasteiger partial charge >= 0.3 is 30.5 Å². The molecule has 2 aromatic carbocycles. The molecule has 0 aromatic heterocycles. The third-order valence-electron chi connectivity index (χ3n) is 3.73. The van der Waals surface area contributed by atoms with E-state index in [0.717, 1.165) is 24.3 Å². The number of nitrogens with zero attached hydrogens (tertiary/aromatic N) is 1. The zero-order valence-corrected chi connectivity index (χ0v) is 14.6. The Bertz CT molecular complexity index is 906. The molecule has 0 fully saturated rings. The summed E-state index contributed by atoms with van der Waals surface area (Å²) < 4.78 is 133. The largest absolute Gasteiger partial charge is 0.508 e. The number of benzene rings is 2. The molecule has 0 radical (unpaired) electrons. The van der Waals surface area contributed by atoms with E-state index >= 15 is 0 Å². The average molecular weight is 465 g/mol. The zero-order valence-electron chi connectivity index (χ0n) is 14.6. The Morgan fingerprint density at radius 1 is 0.710 bits per heavy atom. The second-order valence-electron chi connectivity index (χ2n) is 5.85. The molecule has 0 spiro atoms. The van der Waals surface area contributed by atoms with Crippen molar-refractivity contribution in [2.45, 2.75) is 24.6 Å². The summed E-state index contributed by atoms with van der Waals surface area (Å²) in [6, 6.07) is 8.94. The van der Waals surface area contributed by atoms with E-state index in [2.05, 4.69) is 4.74 Å². The number of phenolic OH excluding ortho intramolecular Hbond substituents is 1. The lowest BCUT2D eigenvalue weighted by Gasteiger charge is -2.37. The van der Waals surface area contributed by atoms with Gasteiger partial charge in [0.05, 0.1) is 0 Å². The summed E-state index contributed by atoms with van der Waals surface area (Å²) >= 11 is 0. The van der Waals surface area contributed by atoms with Crippen molar-refractivity contribution in [3.63, 3.8) is 0 Å². The number of ether oxygens (including phenoxy) is 1. The summed E-state index contributed by atoms with van der Waals surface area (Å²) in [4.78, 5) is 8.11. The molecule has 1 atom stereocenters. The van der Waals surface area contributed by atoms with Crippen LogP contribution in [0.25, 0.3) is 11.1 Å². The summed E-state index contributed by atoms with van der Waals surface area (Å²) in [5.74, 6) is -11.2. The lowest BCUT2D eigenvalue weighted by Crippen LogP contribution is -2.70. The molecule has 1 unspecified atom stereocenters. The van der Waals surface area contributed by atoms with Gasteiger partial charge in [-0.1, -0.05) is 29.2 Å². The smallest absolute Gasteiger partial charge is 0.470 e. The Kier molecular flexibility index (Phi) is 6.18. The Morgan fingerprint density at radius 3 is 1.45 bits per heavy atom. The highest BCUT2D eigenvalue weighted by atomic mass is 19.4. The van der Waals surface area contributed by atoms with Gasteiger partial charge in [-0.2, -0.15) is 39.5 Å². The van der Waals surface area contributed by atoms with Crippen molar-refractivity contribution in [2.24, 2.45) is 0 Å². The molecule has 0 saturated heterocycles. The molecular weight excluding hydrogens is 456 g/mol. The summed E-state index contributed by atoms with van der Waals surface area (Å²) in [5, 5.41) is 9.20. The van der Waals surface area contributed by atoms with Crippen molar-refractivity contribution < 1.29 is 58.5 Å². The Morgan fingerprint density at radius 2 is 1.10 bits per heavy atom. The Hall–Kier alpha value is -3.03. The molecule has 2 aromatic rings. The van der Waals surface area contributed by atoms with Gasteiger partial charge in [0.15, 0.2) is 0 Å². The highest BCUT2D eigenvalue weighted by Crippen LogP contribution is 2.48. The van der Waals surface area contributed by atoms with Crippen molar-refractivity contribution in [1.82, 2.24) is 4.90 Å². The van der Waals surface area contributed by atoms with E-state index in [9.17, 15) is 53.8 Å². The number of rotatable bonds is 4. The summed E-state index contributed by atoms with van der Waals surface area (Å²) in [6.45, 7) is 0. The summed E-state index contributed by atoms with van der Waals surface area (Å²) in [5.41, 5.74) is 0.750. The van der Waals surface area contributed by atoms with Crippen LogP contribution in [0.15, 0.2) is 48.5 Å². The van der Waals surface area contributed by atoms with Gasteiger partial charge in [0.1, 0.15) is 11.5 Å². The van der Waals surface area contributed by atoms with Crippen LogP contribution in [0, 0.1) is 0 Å². The monoisotopic (exact) mass is 465 g/mol. The maximum atomic E-state index is 14.3. The fourth-order valence-corrected chi connectivity index (χ4v) is 2.37. The fraction of sp³-hybridized carbons (Fsp3) is 0.235. The van der Waals surface area contributed by atoms with Crippen LogP contribution in [0.5, 0.6) is 11.5 Å². The van der Waals surface area contributed by atoms with Crippen molar-refractivity contribution in [3.05, 3.63) is 48.5 Å². The Labute approximate surface area is 166 Å². The second-order valence-corrected chi connectivity index (χ2v) is 5.85. The second kappa shape index (κ2) is 7.90. The molecule has 0 aliphatic rings. The predicted molar refractivity (Wildman–Crippen MR) is 83.0 cm³/mol. The molecule has 0 heterocycles. The number of hydrogen-bond acceptors (Lipinski definition) is 4. The third-order valence-corrected chi connectivity index (χ3v) is 3.73.